The summed E-state index contributed by atoms with van der Waals surface area (Å²) in [6, 6.07) is 26.2. The summed E-state index contributed by atoms with van der Waals surface area (Å²) in [6.45, 7) is 0.280. The molecule has 3 aromatic carbocycles. The van der Waals surface area contributed by atoms with Crippen LogP contribution in [0.15, 0.2) is 89.8 Å². The van der Waals surface area contributed by atoms with Crippen LogP contribution in [0.5, 0.6) is 5.75 Å². The lowest BCUT2D eigenvalue weighted by atomic mass is 9.92. The molecule has 134 valence electrons. The van der Waals surface area contributed by atoms with E-state index in [9.17, 15) is 8.42 Å². The predicted octanol–water partition coefficient (Wildman–Crippen LogP) is 3.81. The summed E-state index contributed by atoms with van der Waals surface area (Å²) in [7, 11) is -2.05. The molecule has 0 aromatic heterocycles. The van der Waals surface area contributed by atoms with Gasteiger partial charge in [0.05, 0.1) is 12.0 Å². The Bertz CT molecular complexity index is 885. The zero-order chi connectivity index (χ0) is 18.4. The second-order valence-electron chi connectivity index (χ2n) is 5.90. The van der Waals surface area contributed by atoms with E-state index in [1.807, 2.05) is 60.7 Å². The third-order valence-corrected chi connectivity index (χ3v) is 5.69. The van der Waals surface area contributed by atoms with Gasteiger partial charge in [0.1, 0.15) is 5.75 Å². The van der Waals surface area contributed by atoms with E-state index in [2.05, 4.69) is 4.72 Å². The molecule has 0 bridgehead atoms. The lowest BCUT2D eigenvalue weighted by Crippen LogP contribution is -2.29. The van der Waals surface area contributed by atoms with Crippen LogP contribution in [0, 0.1) is 0 Å². The lowest BCUT2D eigenvalue weighted by molar-refractivity contribution is 0.414. The smallest absolute Gasteiger partial charge is 0.240 e. The van der Waals surface area contributed by atoms with Crippen molar-refractivity contribution in [3.8, 4) is 5.75 Å². The average molecular weight is 367 g/mol. The van der Waals surface area contributed by atoms with Crippen LogP contribution in [0.25, 0.3) is 0 Å². The molecule has 26 heavy (non-hydrogen) atoms. The molecule has 5 heteroatoms. The number of benzene rings is 3. The monoisotopic (exact) mass is 367 g/mol. The number of sulfonamides is 1. The lowest BCUT2D eigenvalue weighted by Gasteiger charge is -2.19. The largest absolute Gasteiger partial charge is 0.497 e. The molecule has 0 aliphatic carbocycles. The van der Waals surface area contributed by atoms with Gasteiger partial charge in [-0.2, -0.15) is 0 Å². The van der Waals surface area contributed by atoms with Crippen LogP contribution >= 0.6 is 0 Å². The van der Waals surface area contributed by atoms with Crippen LogP contribution in [-0.2, 0) is 10.0 Å². The predicted molar refractivity (Wildman–Crippen MR) is 103 cm³/mol. The van der Waals surface area contributed by atoms with E-state index in [0.717, 1.165) is 11.1 Å². The van der Waals surface area contributed by atoms with Crippen molar-refractivity contribution in [3.05, 3.63) is 96.1 Å². The number of methoxy groups -OCH3 is 1. The Balaban J connectivity index is 1.83. The van der Waals surface area contributed by atoms with Gasteiger partial charge in [-0.05, 0) is 35.4 Å². The third kappa shape index (κ3) is 4.31. The molecule has 0 aliphatic heterocycles. The van der Waals surface area contributed by atoms with Crippen molar-refractivity contribution < 1.29 is 13.2 Å². The van der Waals surface area contributed by atoms with Gasteiger partial charge in [-0.1, -0.05) is 60.7 Å². The average Bonchev–Trinajstić information content (AvgIpc) is 2.70. The summed E-state index contributed by atoms with van der Waals surface area (Å²) in [6.07, 6.45) is 0. The van der Waals surface area contributed by atoms with E-state index in [4.69, 9.17) is 4.74 Å². The molecule has 4 nitrogen and oxygen atoms in total. The second-order valence-corrected chi connectivity index (χ2v) is 7.67. The van der Waals surface area contributed by atoms with Gasteiger partial charge in [0.15, 0.2) is 0 Å². The zero-order valence-electron chi connectivity index (χ0n) is 14.5. The summed E-state index contributed by atoms with van der Waals surface area (Å²) in [5, 5.41) is 0. The summed E-state index contributed by atoms with van der Waals surface area (Å²) < 4.78 is 33.1. The van der Waals surface area contributed by atoms with Gasteiger partial charge in [-0.15, -0.1) is 0 Å². The van der Waals surface area contributed by atoms with Crippen LogP contribution in [0.2, 0.25) is 0 Å². The van der Waals surface area contributed by atoms with Gasteiger partial charge in [-0.25, -0.2) is 13.1 Å². The van der Waals surface area contributed by atoms with Crippen molar-refractivity contribution in [1.29, 1.82) is 0 Å². The van der Waals surface area contributed by atoms with Gasteiger partial charge in [0, 0.05) is 12.5 Å². The fraction of sp³-hybridized carbons (Fsp3) is 0.143. The Morgan fingerprint density at radius 2 is 1.31 bits per heavy atom. The first-order valence-electron chi connectivity index (χ1n) is 8.34. The summed E-state index contributed by atoms with van der Waals surface area (Å²) in [5.41, 5.74) is 2.13. The first-order valence-corrected chi connectivity index (χ1v) is 9.82. The molecule has 0 aliphatic rings. The van der Waals surface area contributed by atoms with E-state index in [-0.39, 0.29) is 17.4 Å². The van der Waals surface area contributed by atoms with E-state index >= 15 is 0 Å². The molecule has 3 aromatic rings. The van der Waals surface area contributed by atoms with E-state index in [1.54, 1.807) is 31.4 Å². The second kappa shape index (κ2) is 8.17. The Morgan fingerprint density at radius 3 is 1.77 bits per heavy atom. The zero-order valence-corrected chi connectivity index (χ0v) is 15.3. The van der Waals surface area contributed by atoms with Gasteiger partial charge in [0.25, 0.3) is 0 Å². The Morgan fingerprint density at radius 1 is 0.808 bits per heavy atom. The van der Waals surface area contributed by atoms with E-state index < -0.39 is 10.0 Å². The van der Waals surface area contributed by atoms with Crippen molar-refractivity contribution >= 4 is 10.0 Å². The third-order valence-electron chi connectivity index (χ3n) is 4.25. The maximum absolute atomic E-state index is 12.6. The molecule has 0 heterocycles. The number of hydrogen-bond donors (Lipinski definition) is 1. The number of nitrogens with one attached hydrogen (secondary N) is 1. The minimum absolute atomic E-state index is 0.0644. The van der Waals surface area contributed by atoms with Gasteiger partial charge < -0.3 is 4.74 Å². The molecular weight excluding hydrogens is 346 g/mol. The first-order chi connectivity index (χ1) is 12.6. The number of hydrogen-bond acceptors (Lipinski definition) is 3. The summed E-state index contributed by atoms with van der Waals surface area (Å²) >= 11 is 0. The summed E-state index contributed by atoms with van der Waals surface area (Å²) in [5.74, 6) is 0.556. The molecule has 1 N–H and O–H groups in total. The molecule has 0 spiro atoms. The summed E-state index contributed by atoms with van der Waals surface area (Å²) in [4.78, 5) is 0.221. The Labute approximate surface area is 154 Å². The standard InChI is InChI=1S/C21H21NO3S/c1-25-19-12-14-20(15-13-19)26(23,24)22-16-21(17-8-4-2-5-9-17)18-10-6-3-7-11-18/h2-15,21-22H,16H2,1H3. The molecule has 3 rings (SSSR count). The van der Waals surface area contributed by atoms with Gasteiger partial charge in [0.2, 0.25) is 10.0 Å². The highest BCUT2D eigenvalue weighted by Gasteiger charge is 2.19. The van der Waals surface area contributed by atoms with Crippen molar-refractivity contribution in [2.45, 2.75) is 10.8 Å². The normalized spacial score (nSPS) is 11.5. The van der Waals surface area contributed by atoms with E-state index in [1.165, 1.54) is 0 Å². The van der Waals surface area contributed by atoms with Crippen molar-refractivity contribution in [2.75, 3.05) is 13.7 Å². The number of rotatable bonds is 7. The Kier molecular flexibility index (Phi) is 5.71. The molecule has 0 amide bonds. The van der Waals surface area contributed by atoms with Crippen molar-refractivity contribution in [3.63, 3.8) is 0 Å². The molecule has 0 saturated carbocycles. The highest BCUT2D eigenvalue weighted by Crippen LogP contribution is 2.24. The molecule has 0 saturated heterocycles. The van der Waals surface area contributed by atoms with Crippen LogP contribution in [0.3, 0.4) is 0 Å². The van der Waals surface area contributed by atoms with Gasteiger partial charge >= 0.3 is 0 Å². The van der Waals surface area contributed by atoms with E-state index in [0.29, 0.717) is 5.75 Å². The van der Waals surface area contributed by atoms with Crippen molar-refractivity contribution in [1.82, 2.24) is 4.72 Å². The van der Waals surface area contributed by atoms with Crippen molar-refractivity contribution in [2.24, 2.45) is 0 Å². The topological polar surface area (TPSA) is 55.4 Å². The highest BCUT2D eigenvalue weighted by molar-refractivity contribution is 7.89. The van der Waals surface area contributed by atoms with Crippen LogP contribution < -0.4 is 9.46 Å². The van der Waals surface area contributed by atoms with Crippen LogP contribution in [0.4, 0.5) is 0 Å². The number of ether oxygens (including phenoxy) is 1. The molecule has 0 fully saturated rings. The van der Waals surface area contributed by atoms with Crippen LogP contribution in [0.1, 0.15) is 17.0 Å². The van der Waals surface area contributed by atoms with Crippen LogP contribution in [-0.4, -0.2) is 22.1 Å². The SMILES string of the molecule is COc1ccc(S(=O)(=O)NCC(c2ccccc2)c2ccccc2)cc1. The minimum atomic E-state index is -3.60. The van der Waals surface area contributed by atoms with Gasteiger partial charge in [-0.3, -0.25) is 0 Å². The minimum Gasteiger partial charge on any atom is -0.497 e. The molecule has 0 atom stereocenters. The highest BCUT2D eigenvalue weighted by atomic mass is 32.2. The first kappa shape index (κ1) is 18.2. The molecule has 0 radical (unpaired) electrons. The maximum atomic E-state index is 12.6. The maximum Gasteiger partial charge on any atom is 0.240 e. The fourth-order valence-electron chi connectivity index (χ4n) is 2.83. The fourth-order valence-corrected chi connectivity index (χ4v) is 3.88. The molecule has 0 unspecified atom stereocenters. The quantitative estimate of drug-likeness (QED) is 0.691. The molecular formula is C21H21NO3S. The Hall–Kier alpha value is -2.63.